The summed E-state index contributed by atoms with van der Waals surface area (Å²) in [5.74, 6) is -0.675. The lowest BCUT2D eigenvalue weighted by molar-refractivity contribution is -0.137. The van der Waals surface area contributed by atoms with Gasteiger partial charge in [-0.1, -0.05) is 46.5 Å². The van der Waals surface area contributed by atoms with E-state index >= 15 is 0 Å². The van der Waals surface area contributed by atoms with E-state index < -0.39 is 5.97 Å². The predicted octanol–water partition coefficient (Wildman–Crippen LogP) is 3.46. The van der Waals surface area contributed by atoms with Gasteiger partial charge in [0.25, 0.3) is 0 Å². The summed E-state index contributed by atoms with van der Waals surface area (Å²) in [6.45, 7) is 6.36. The first-order valence-electron chi connectivity index (χ1n) is 4.90. The average molecular weight is 174 g/mol. The van der Waals surface area contributed by atoms with Gasteiger partial charge < -0.3 is 5.11 Å². The highest BCUT2D eigenvalue weighted by Gasteiger charge is 1.93. The summed E-state index contributed by atoms with van der Waals surface area (Å²) in [6, 6.07) is 0. The van der Waals surface area contributed by atoms with E-state index in [9.17, 15) is 4.79 Å². The quantitative estimate of drug-likeness (QED) is 0.648. The van der Waals surface area contributed by atoms with Crippen molar-refractivity contribution in [2.24, 2.45) is 0 Å². The Hall–Kier alpha value is -0.530. The molecular weight excluding hydrogens is 152 g/mol. The minimum Gasteiger partial charge on any atom is -0.481 e. The molecule has 1 N–H and O–H groups in total. The van der Waals surface area contributed by atoms with Gasteiger partial charge in [-0.05, 0) is 6.42 Å². The van der Waals surface area contributed by atoms with E-state index in [1.54, 1.807) is 0 Å². The average Bonchev–Trinajstić information content (AvgIpc) is 1.99. The molecule has 0 heterocycles. The highest BCUT2D eigenvalue weighted by molar-refractivity contribution is 5.66. The van der Waals surface area contributed by atoms with Crippen LogP contribution in [0.1, 0.15) is 59.3 Å². The molecule has 12 heavy (non-hydrogen) atoms. The number of carboxylic acid groups (broad SMARTS) is 1. The molecule has 0 rings (SSSR count). The van der Waals surface area contributed by atoms with Crippen LogP contribution in [-0.2, 0) is 4.79 Å². The van der Waals surface area contributed by atoms with E-state index in [4.69, 9.17) is 5.11 Å². The van der Waals surface area contributed by atoms with Crippen LogP contribution in [0, 0.1) is 0 Å². The fourth-order valence-corrected chi connectivity index (χ4v) is 0.703. The molecule has 0 aromatic rings. The van der Waals surface area contributed by atoms with E-state index in [-0.39, 0.29) is 0 Å². The molecular formula is C10H22O2. The molecule has 74 valence electrons. The van der Waals surface area contributed by atoms with Gasteiger partial charge in [0.1, 0.15) is 0 Å². The summed E-state index contributed by atoms with van der Waals surface area (Å²) in [5.41, 5.74) is 0. The van der Waals surface area contributed by atoms with Crippen molar-refractivity contribution in [3.63, 3.8) is 0 Å². The van der Waals surface area contributed by atoms with E-state index in [0.29, 0.717) is 6.42 Å². The molecule has 0 unspecified atom stereocenters. The van der Waals surface area contributed by atoms with Gasteiger partial charge in [0.05, 0.1) is 0 Å². The lowest BCUT2D eigenvalue weighted by Crippen LogP contribution is -1.92. The third-order valence-electron chi connectivity index (χ3n) is 1.24. The predicted molar refractivity (Wildman–Crippen MR) is 52.4 cm³/mol. The van der Waals surface area contributed by atoms with Crippen molar-refractivity contribution >= 4 is 5.97 Å². The van der Waals surface area contributed by atoms with Crippen molar-refractivity contribution in [2.45, 2.75) is 59.3 Å². The van der Waals surface area contributed by atoms with Crippen LogP contribution in [0.5, 0.6) is 0 Å². The third kappa shape index (κ3) is 22.7. The van der Waals surface area contributed by atoms with Gasteiger partial charge in [-0.3, -0.25) is 4.79 Å². The van der Waals surface area contributed by atoms with Crippen LogP contribution in [0.25, 0.3) is 0 Å². The number of unbranched alkanes of at least 4 members (excludes halogenated alkanes) is 3. The maximum atomic E-state index is 9.96. The summed E-state index contributed by atoms with van der Waals surface area (Å²) >= 11 is 0. The summed E-state index contributed by atoms with van der Waals surface area (Å²) in [7, 11) is 0. The van der Waals surface area contributed by atoms with Crippen molar-refractivity contribution in [2.75, 3.05) is 0 Å². The van der Waals surface area contributed by atoms with Crippen molar-refractivity contribution < 1.29 is 9.90 Å². The molecule has 0 aromatic carbocycles. The molecule has 0 fully saturated rings. The summed E-state index contributed by atoms with van der Waals surface area (Å²) in [5, 5.41) is 8.21. The second-order valence-corrected chi connectivity index (χ2v) is 2.91. The highest BCUT2D eigenvalue weighted by atomic mass is 16.4. The first-order chi connectivity index (χ1) is 5.68. The zero-order valence-electron chi connectivity index (χ0n) is 8.60. The van der Waals surface area contributed by atoms with Crippen molar-refractivity contribution in [3.05, 3.63) is 0 Å². The maximum Gasteiger partial charge on any atom is 0.303 e. The van der Waals surface area contributed by atoms with E-state index in [1.165, 1.54) is 12.8 Å². The van der Waals surface area contributed by atoms with E-state index in [1.807, 2.05) is 0 Å². The molecule has 0 aromatic heterocycles. The molecule has 2 nitrogen and oxygen atoms in total. The topological polar surface area (TPSA) is 37.3 Å². The summed E-state index contributed by atoms with van der Waals surface area (Å²) < 4.78 is 0. The Morgan fingerprint density at radius 2 is 1.58 bits per heavy atom. The Kier molecular flexibility index (Phi) is 15.3. The van der Waals surface area contributed by atoms with Gasteiger partial charge in [0.15, 0.2) is 0 Å². The van der Waals surface area contributed by atoms with Crippen LogP contribution in [0.2, 0.25) is 0 Å². The molecule has 0 saturated heterocycles. The Labute approximate surface area is 76.0 Å². The lowest BCUT2D eigenvalue weighted by atomic mass is 10.2. The number of hydrogen-bond donors (Lipinski definition) is 1. The van der Waals surface area contributed by atoms with Crippen molar-refractivity contribution in [3.8, 4) is 0 Å². The molecule has 0 bridgehead atoms. The Morgan fingerprint density at radius 1 is 1.08 bits per heavy atom. The van der Waals surface area contributed by atoms with Crippen molar-refractivity contribution in [1.29, 1.82) is 0 Å². The Bertz CT molecular complexity index is 89.8. The SMILES string of the molecule is CCC.CCCCCCC(=O)O. The zero-order valence-corrected chi connectivity index (χ0v) is 8.60. The van der Waals surface area contributed by atoms with Crippen LogP contribution in [-0.4, -0.2) is 11.1 Å². The lowest BCUT2D eigenvalue weighted by Gasteiger charge is -1.92. The number of carboxylic acids is 1. The first-order valence-corrected chi connectivity index (χ1v) is 4.90. The van der Waals surface area contributed by atoms with Crippen LogP contribution >= 0.6 is 0 Å². The third-order valence-corrected chi connectivity index (χ3v) is 1.24. The minimum absolute atomic E-state index is 0.333. The van der Waals surface area contributed by atoms with Gasteiger partial charge in [-0.25, -0.2) is 0 Å². The molecule has 0 aliphatic heterocycles. The molecule has 0 radical (unpaired) electrons. The minimum atomic E-state index is -0.675. The molecule has 0 aliphatic carbocycles. The molecule has 0 amide bonds. The van der Waals surface area contributed by atoms with Gasteiger partial charge in [-0.15, -0.1) is 0 Å². The maximum absolute atomic E-state index is 9.96. The molecule has 0 saturated carbocycles. The van der Waals surface area contributed by atoms with Crippen LogP contribution < -0.4 is 0 Å². The Balaban J connectivity index is 0. The second kappa shape index (κ2) is 13.1. The fraction of sp³-hybridized carbons (Fsp3) is 0.900. The Morgan fingerprint density at radius 3 is 1.92 bits per heavy atom. The van der Waals surface area contributed by atoms with E-state index in [2.05, 4.69) is 20.8 Å². The molecule has 0 atom stereocenters. The van der Waals surface area contributed by atoms with Crippen LogP contribution in [0.3, 0.4) is 0 Å². The second-order valence-electron chi connectivity index (χ2n) is 2.91. The monoisotopic (exact) mass is 174 g/mol. The van der Waals surface area contributed by atoms with E-state index in [0.717, 1.165) is 19.3 Å². The summed E-state index contributed by atoms with van der Waals surface area (Å²) in [4.78, 5) is 9.96. The summed E-state index contributed by atoms with van der Waals surface area (Å²) in [6.07, 6.45) is 5.80. The van der Waals surface area contributed by atoms with Gasteiger partial charge in [-0.2, -0.15) is 0 Å². The van der Waals surface area contributed by atoms with Gasteiger partial charge >= 0.3 is 5.97 Å². The molecule has 0 spiro atoms. The van der Waals surface area contributed by atoms with Gasteiger partial charge in [0.2, 0.25) is 0 Å². The number of rotatable bonds is 5. The zero-order chi connectivity index (χ0) is 9.82. The smallest absolute Gasteiger partial charge is 0.303 e. The molecule has 0 aliphatic rings. The number of aliphatic carboxylic acids is 1. The number of hydrogen-bond acceptors (Lipinski definition) is 1. The standard InChI is InChI=1S/C7H14O2.C3H8/c1-2-3-4-5-6-7(8)9;1-3-2/h2-6H2,1H3,(H,8,9);3H2,1-2H3. The normalized spacial score (nSPS) is 8.58. The molecule has 2 heteroatoms. The number of carbonyl (C=O) groups is 1. The largest absolute Gasteiger partial charge is 0.481 e. The van der Waals surface area contributed by atoms with Crippen LogP contribution in [0.15, 0.2) is 0 Å². The first kappa shape index (κ1) is 14.0. The highest BCUT2D eigenvalue weighted by Crippen LogP contribution is 2.01. The fourth-order valence-electron chi connectivity index (χ4n) is 0.703. The van der Waals surface area contributed by atoms with Gasteiger partial charge in [0, 0.05) is 6.42 Å². The van der Waals surface area contributed by atoms with Crippen LogP contribution in [0.4, 0.5) is 0 Å². The van der Waals surface area contributed by atoms with Crippen molar-refractivity contribution in [1.82, 2.24) is 0 Å².